The molecule has 19 heavy (non-hydrogen) atoms. The molecule has 0 aliphatic rings. The van der Waals surface area contributed by atoms with Gasteiger partial charge in [-0.25, -0.2) is 8.42 Å². The average molecular weight is 284 g/mol. The van der Waals surface area contributed by atoms with Gasteiger partial charge in [-0.1, -0.05) is 12.1 Å². The molecule has 0 saturated carbocycles. The number of nitrogens with one attached hydrogen (secondary N) is 2. The van der Waals surface area contributed by atoms with Gasteiger partial charge in [-0.3, -0.25) is 4.79 Å². The molecule has 0 aliphatic heterocycles. The summed E-state index contributed by atoms with van der Waals surface area (Å²) >= 11 is 0. The van der Waals surface area contributed by atoms with Crippen molar-refractivity contribution in [1.82, 2.24) is 5.32 Å². The van der Waals surface area contributed by atoms with Crippen molar-refractivity contribution in [3.05, 3.63) is 24.3 Å². The molecule has 106 valence electrons. The Balaban J connectivity index is 2.92. The molecule has 0 saturated heterocycles. The molecule has 2 N–H and O–H groups in total. The van der Waals surface area contributed by atoms with Gasteiger partial charge in [0.05, 0.1) is 10.6 Å². The SMILES string of the molecule is CC(C)NC(=O)C(C)Nc1ccccc1S(C)(=O)=O. The molecule has 0 heterocycles. The molecule has 0 fully saturated rings. The van der Waals surface area contributed by atoms with Crippen LogP contribution in [0.4, 0.5) is 5.69 Å². The fraction of sp³-hybridized carbons (Fsp3) is 0.462. The molecule has 0 radical (unpaired) electrons. The smallest absolute Gasteiger partial charge is 0.242 e. The molecule has 5 nitrogen and oxygen atoms in total. The van der Waals surface area contributed by atoms with Gasteiger partial charge in [0.15, 0.2) is 9.84 Å². The molecule has 1 aromatic rings. The molecular weight excluding hydrogens is 264 g/mol. The Bertz CT molecular complexity index is 553. The van der Waals surface area contributed by atoms with Crippen LogP contribution in [0, 0.1) is 0 Å². The third-order valence-electron chi connectivity index (χ3n) is 2.48. The van der Waals surface area contributed by atoms with Crippen LogP contribution in [0.25, 0.3) is 0 Å². The summed E-state index contributed by atoms with van der Waals surface area (Å²) < 4.78 is 23.3. The number of benzene rings is 1. The minimum Gasteiger partial charge on any atom is -0.373 e. The van der Waals surface area contributed by atoms with E-state index in [1.165, 1.54) is 6.07 Å². The molecule has 0 aromatic heterocycles. The quantitative estimate of drug-likeness (QED) is 0.857. The minimum absolute atomic E-state index is 0.0434. The van der Waals surface area contributed by atoms with E-state index >= 15 is 0 Å². The summed E-state index contributed by atoms with van der Waals surface area (Å²) in [6.45, 7) is 5.43. The molecule has 1 rings (SSSR count). The highest BCUT2D eigenvalue weighted by Gasteiger charge is 2.18. The van der Waals surface area contributed by atoms with Crippen LogP contribution < -0.4 is 10.6 Å². The Morgan fingerprint density at radius 3 is 2.26 bits per heavy atom. The van der Waals surface area contributed by atoms with Crippen molar-refractivity contribution in [3.63, 3.8) is 0 Å². The number of anilines is 1. The Morgan fingerprint density at radius 1 is 1.16 bits per heavy atom. The number of carbonyl (C=O) groups is 1. The van der Waals surface area contributed by atoms with Crippen LogP contribution in [0.15, 0.2) is 29.2 Å². The molecular formula is C13H20N2O3S. The van der Waals surface area contributed by atoms with Crippen molar-refractivity contribution in [2.24, 2.45) is 0 Å². The van der Waals surface area contributed by atoms with Crippen molar-refractivity contribution < 1.29 is 13.2 Å². The Hall–Kier alpha value is -1.56. The lowest BCUT2D eigenvalue weighted by atomic mass is 10.2. The van der Waals surface area contributed by atoms with E-state index in [-0.39, 0.29) is 16.8 Å². The average Bonchev–Trinajstić information content (AvgIpc) is 2.27. The standard InChI is InChI=1S/C13H20N2O3S/c1-9(2)14-13(16)10(3)15-11-7-5-6-8-12(11)19(4,17)18/h5-10,15H,1-4H3,(H,14,16). The molecule has 1 unspecified atom stereocenters. The maximum Gasteiger partial charge on any atom is 0.242 e. The van der Waals surface area contributed by atoms with Crippen molar-refractivity contribution in [3.8, 4) is 0 Å². The summed E-state index contributed by atoms with van der Waals surface area (Å²) in [5, 5.41) is 5.70. The van der Waals surface area contributed by atoms with Gasteiger partial charge in [-0.05, 0) is 32.9 Å². The third kappa shape index (κ3) is 4.55. The van der Waals surface area contributed by atoms with Crippen LogP contribution in [0.1, 0.15) is 20.8 Å². The molecule has 0 bridgehead atoms. The summed E-state index contributed by atoms with van der Waals surface area (Å²) in [6.07, 6.45) is 1.15. The van der Waals surface area contributed by atoms with Crippen LogP contribution in [-0.2, 0) is 14.6 Å². The van der Waals surface area contributed by atoms with Crippen LogP contribution in [-0.4, -0.2) is 32.7 Å². The van der Waals surface area contributed by atoms with Crippen LogP contribution in [0.2, 0.25) is 0 Å². The van der Waals surface area contributed by atoms with E-state index in [1.807, 2.05) is 13.8 Å². The Labute approximate surface area is 114 Å². The zero-order valence-electron chi connectivity index (χ0n) is 11.6. The first kappa shape index (κ1) is 15.5. The second kappa shape index (κ2) is 6.06. The first-order valence-corrected chi connectivity index (χ1v) is 7.97. The second-order valence-electron chi connectivity index (χ2n) is 4.80. The maximum atomic E-state index is 11.8. The summed E-state index contributed by atoms with van der Waals surface area (Å²) in [7, 11) is -3.32. The van der Waals surface area contributed by atoms with Crippen LogP contribution in [0.5, 0.6) is 0 Å². The van der Waals surface area contributed by atoms with E-state index in [2.05, 4.69) is 10.6 Å². The van der Waals surface area contributed by atoms with Crippen molar-refractivity contribution in [2.45, 2.75) is 37.8 Å². The summed E-state index contributed by atoms with van der Waals surface area (Å²) in [5.74, 6) is -0.168. The summed E-state index contributed by atoms with van der Waals surface area (Å²) in [6, 6.07) is 6.08. The molecule has 0 aliphatic carbocycles. The lowest BCUT2D eigenvalue weighted by Crippen LogP contribution is -2.41. The number of carbonyl (C=O) groups excluding carboxylic acids is 1. The number of hydrogen-bond acceptors (Lipinski definition) is 4. The Kier molecular flexibility index (Phi) is 4.94. The molecule has 1 aromatic carbocycles. The molecule has 1 atom stereocenters. The fourth-order valence-electron chi connectivity index (χ4n) is 1.62. The normalized spacial score (nSPS) is 13.1. The van der Waals surface area contributed by atoms with Crippen molar-refractivity contribution in [1.29, 1.82) is 0 Å². The number of sulfone groups is 1. The molecule has 6 heteroatoms. The van der Waals surface area contributed by atoms with Gasteiger partial charge in [0.1, 0.15) is 6.04 Å². The van der Waals surface area contributed by atoms with E-state index in [1.54, 1.807) is 25.1 Å². The third-order valence-corrected chi connectivity index (χ3v) is 3.64. The van der Waals surface area contributed by atoms with E-state index in [0.29, 0.717) is 5.69 Å². The minimum atomic E-state index is -3.32. The largest absolute Gasteiger partial charge is 0.373 e. The van der Waals surface area contributed by atoms with E-state index in [0.717, 1.165) is 6.26 Å². The second-order valence-corrected chi connectivity index (χ2v) is 6.78. The van der Waals surface area contributed by atoms with Crippen LogP contribution >= 0.6 is 0 Å². The fourth-order valence-corrected chi connectivity index (χ4v) is 2.47. The van der Waals surface area contributed by atoms with Crippen molar-refractivity contribution >= 4 is 21.4 Å². The van der Waals surface area contributed by atoms with Gasteiger partial charge in [0.25, 0.3) is 0 Å². The maximum absolute atomic E-state index is 11.8. The predicted octanol–water partition coefficient (Wildman–Crippen LogP) is 1.42. The number of hydrogen-bond donors (Lipinski definition) is 2. The summed E-state index contributed by atoms with van der Waals surface area (Å²) in [5.41, 5.74) is 0.441. The highest BCUT2D eigenvalue weighted by molar-refractivity contribution is 7.90. The molecule has 0 spiro atoms. The van der Waals surface area contributed by atoms with Crippen LogP contribution in [0.3, 0.4) is 0 Å². The monoisotopic (exact) mass is 284 g/mol. The number of amides is 1. The van der Waals surface area contributed by atoms with E-state index in [4.69, 9.17) is 0 Å². The van der Waals surface area contributed by atoms with Gasteiger partial charge in [-0.2, -0.15) is 0 Å². The lowest BCUT2D eigenvalue weighted by molar-refractivity contribution is -0.122. The highest BCUT2D eigenvalue weighted by atomic mass is 32.2. The first-order chi connectivity index (χ1) is 8.71. The van der Waals surface area contributed by atoms with Gasteiger partial charge in [0.2, 0.25) is 5.91 Å². The predicted molar refractivity (Wildman–Crippen MR) is 75.9 cm³/mol. The zero-order valence-corrected chi connectivity index (χ0v) is 12.4. The topological polar surface area (TPSA) is 75.3 Å². The summed E-state index contributed by atoms with van der Waals surface area (Å²) in [4.78, 5) is 12.0. The van der Waals surface area contributed by atoms with Crippen molar-refractivity contribution in [2.75, 3.05) is 11.6 Å². The zero-order chi connectivity index (χ0) is 14.6. The Morgan fingerprint density at radius 2 is 1.74 bits per heavy atom. The first-order valence-electron chi connectivity index (χ1n) is 6.08. The van der Waals surface area contributed by atoms with E-state index in [9.17, 15) is 13.2 Å². The number of para-hydroxylation sites is 1. The lowest BCUT2D eigenvalue weighted by Gasteiger charge is -2.18. The van der Waals surface area contributed by atoms with Gasteiger partial charge in [-0.15, -0.1) is 0 Å². The molecule has 1 amide bonds. The van der Waals surface area contributed by atoms with Gasteiger partial charge < -0.3 is 10.6 Å². The van der Waals surface area contributed by atoms with Gasteiger partial charge >= 0.3 is 0 Å². The highest BCUT2D eigenvalue weighted by Crippen LogP contribution is 2.21. The number of rotatable bonds is 5. The van der Waals surface area contributed by atoms with Gasteiger partial charge in [0, 0.05) is 12.3 Å². The van der Waals surface area contributed by atoms with E-state index < -0.39 is 15.9 Å².